The van der Waals surface area contributed by atoms with Crippen LogP contribution >= 0.6 is 11.3 Å². The van der Waals surface area contributed by atoms with E-state index in [-0.39, 0.29) is 12.0 Å². The van der Waals surface area contributed by atoms with Crippen LogP contribution in [0.15, 0.2) is 29.6 Å². The van der Waals surface area contributed by atoms with E-state index in [0.29, 0.717) is 55.7 Å². The smallest absolute Gasteiger partial charge is 0.254 e. The summed E-state index contributed by atoms with van der Waals surface area (Å²) in [4.78, 5) is 16.6. The van der Waals surface area contributed by atoms with Crippen LogP contribution in [-0.2, 0) is 11.3 Å². The predicted molar refractivity (Wildman–Crippen MR) is 118 cm³/mol. The van der Waals surface area contributed by atoms with Gasteiger partial charge in [0, 0.05) is 23.6 Å². The van der Waals surface area contributed by atoms with Crippen molar-refractivity contribution in [2.45, 2.75) is 46.3 Å². The fraction of sp³-hybridized carbons (Fsp3) is 0.522. The average molecular weight is 434 g/mol. The van der Waals surface area contributed by atoms with Gasteiger partial charge in [-0.2, -0.15) is 0 Å². The molecular formula is C23H31NO5S. The molecule has 1 aliphatic rings. The number of hydrogen-bond donors (Lipinski definition) is 0. The molecule has 2 heterocycles. The van der Waals surface area contributed by atoms with Gasteiger partial charge in [-0.05, 0) is 57.2 Å². The molecule has 0 N–H and O–H groups in total. The highest BCUT2D eigenvalue weighted by Crippen LogP contribution is 2.39. The Labute approximate surface area is 182 Å². The molecule has 2 aromatic rings. The van der Waals surface area contributed by atoms with Crippen molar-refractivity contribution >= 4 is 17.2 Å². The number of hydrogen-bond acceptors (Lipinski definition) is 6. The Morgan fingerprint density at radius 2 is 1.83 bits per heavy atom. The molecule has 6 nitrogen and oxygen atoms in total. The summed E-state index contributed by atoms with van der Waals surface area (Å²) in [6.07, 6.45) is 2.10. The Morgan fingerprint density at radius 3 is 2.37 bits per heavy atom. The molecule has 1 atom stereocenters. The zero-order valence-electron chi connectivity index (χ0n) is 18.0. The van der Waals surface area contributed by atoms with Crippen molar-refractivity contribution in [2.75, 3.05) is 33.0 Å². The summed E-state index contributed by atoms with van der Waals surface area (Å²) < 4.78 is 23.1. The normalized spacial score (nSPS) is 15.8. The highest BCUT2D eigenvalue weighted by molar-refractivity contribution is 7.09. The Morgan fingerprint density at radius 1 is 1.13 bits per heavy atom. The summed E-state index contributed by atoms with van der Waals surface area (Å²) in [7, 11) is 0. The van der Waals surface area contributed by atoms with E-state index in [1.54, 1.807) is 23.5 Å². The molecule has 0 radical (unpaired) electrons. The van der Waals surface area contributed by atoms with Crippen LogP contribution in [0.5, 0.6) is 17.2 Å². The number of thiophene rings is 1. The number of carbonyl (C=O) groups is 1. The molecule has 7 heteroatoms. The van der Waals surface area contributed by atoms with E-state index in [1.807, 2.05) is 37.1 Å². The Kier molecular flexibility index (Phi) is 8.39. The molecular weight excluding hydrogens is 402 g/mol. The molecule has 0 aliphatic carbocycles. The van der Waals surface area contributed by atoms with Gasteiger partial charge in [-0.3, -0.25) is 4.79 Å². The molecule has 1 aromatic carbocycles. The quantitative estimate of drug-likeness (QED) is 0.511. The van der Waals surface area contributed by atoms with Gasteiger partial charge in [0.2, 0.25) is 5.75 Å². The van der Waals surface area contributed by atoms with E-state index in [4.69, 9.17) is 18.9 Å². The Bertz CT molecular complexity index is 775. The molecule has 1 unspecified atom stereocenters. The van der Waals surface area contributed by atoms with E-state index in [2.05, 4.69) is 6.07 Å². The van der Waals surface area contributed by atoms with Crippen molar-refractivity contribution in [3.8, 4) is 17.2 Å². The minimum atomic E-state index is -0.0659. The van der Waals surface area contributed by atoms with Gasteiger partial charge in [0.1, 0.15) is 0 Å². The third-order valence-electron chi connectivity index (χ3n) is 4.82. The summed E-state index contributed by atoms with van der Waals surface area (Å²) in [6, 6.07) is 7.58. The van der Waals surface area contributed by atoms with Crippen molar-refractivity contribution in [2.24, 2.45) is 0 Å². The lowest BCUT2D eigenvalue weighted by atomic mass is 10.1. The third-order valence-corrected chi connectivity index (χ3v) is 5.68. The second kappa shape index (κ2) is 11.2. The van der Waals surface area contributed by atoms with Crippen molar-refractivity contribution in [1.82, 2.24) is 4.90 Å². The maximum atomic E-state index is 13.6. The first-order chi connectivity index (χ1) is 14.7. The van der Waals surface area contributed by atoms with Crippen LogP contribution in [0.4, 0.5) is 0 Å². The number of carbonyl (C=O) groups excluding carboxylic acids is 1. The fourth-order valence-corrected chi connectivity index (χ4v) is 4.26. The molecule has 164 valence electrons. The van der Waals surface area contributed by atoms with E-state index in [9.17, 15) is 4.79 Å². The zero-order valence-corrected chi connectivity index (χ0v) is 18.8. The first-order valence-corrected chi connectivity index (χ1v) is 11.5. The Hall–Kier alpha value is -2.25. The van der Waals surface area contributed by atoms with Gasteiger partial charge < -0.3 is 23.8 Å². The highest BCUT2D eigenvalue weighted by atomic mass is 32.1. The summed E-state index contributed by atoms with van der Waals surface area (Å²) in [6.45, 7) is 9.03. The SMILES string of the molecule is CCOc1cc(C(=O)N(Cc2cccs2)CC2CCCO2)cc(OCC)c1OCC. The van der Waals surface area contributed by atoms with Gasteiger partial charge in [-0.25, -0.2) is 0 Å². The molecule has 1 amide bonds. The maximum absolute atomic E-state index is 13.6. The largest absolute Gasteiger partial charge is 0.490 e. The second-order valence-corrected chi connectivity index (χ2v) is 8.03. The summed E-state index contributed by atoms with van der Waals surface area (Å²) in [5, 5.41) is 2.03. The van der Waals surface area contributed by atoms with E-state index in [1.165, 1.54) is 0 Å². The molecule has 3 rings (SSSR count). The Balaban J connectivity index is 1.92. The van der Waals surface area contributed by atoms with Crippen LogP contribution in [0.25, 0.3) is 0 Å². The highest BCUT2D eigenvalue weighted by Gasteiger charge is 2.26. The lowest BCUT2D eigenvalue weighted by Crippen LogP contribution is -2.36. The van der Waals surface area contributed by atoms with E-state index in [0.717, 1.165) is 24.3 Å². The van der Waals surface area contributed by atoms with Crippen LogP contribution < -0.4 is 14.2 Å². The lowest BCUT2D eigenvalue weighted by molar-refractivity contribution is 0.0509. The number of rotatable bonds is 11. The summed E-state index contributed by atoms with van der Waals surface area (Å²) >= 11 is 1.65. The van der Waals surface area contributed by atoms with Crippen molar-refractivity contribution in [1.29, 1.82) is 0 Å². The van der Waals surface area contributed by atoms with Crippen molar-refractivity contribution in [3.63, 3.8) is 0 Å². The number of amides is 1. The van der Waals surface area contributed by atoms with Crippen LogP contribution in [0.3, 0.4) is 0 Å². The van der Waals surface area contributed by atoms with E-state index < -0.39 is 0 Å². The van der Waals surface area contributed by atoms with Gasteiger partial charge in [0.05, 0.1) is 32.5 Å². The number of nitrogens with zero attached hydrogens (tertiary/aromatic N) is 1. The maximum Gasteiger partial charge on any atom is 0.254 e. The fourth-order valence-electron chi connectivity index (χ4n) is 3.54. The van der Waals surface area contributed by atoms with Gasteiger partial charge >= 0.3 is 0 Å². The first kappa shape index (κ1) is 22.4. The molecule has 1 saturated heterocycles. The molecule has 0 spiro atoms. The number of ether oxygens (including phenoxy) is 4. The van der Waals surface area contributed by atoms with Crippen LogP contribution in [0.2, 0.25) is 0 Å². The monoisotopic (exact) mass is 433 g/mol. The minimum absolute atomic E-state index is 0.0659. The topological polar surface area (TPSA) is 57.2 Å². The lowest BCUT2D eigenvalue weighted by Gasteiger charge is -2.26. The van der Waals surface area contributed by atoms with Crippen molar-refractivity contribution < 1.29 is 23.7 Å². The van der Waals surface area contributed by atoms with Gasteiger partial charge in [-0.15, -0.1) is 11.3 Å². The van der Waals surface area contributed by atoms with Crippen LogP contribution in [-0.4, -0.2) is 49.9 Å². The summed E-state index contributed by atoms with van der Waals surface area (Å²) in [5.74, 6) is 1.54. The van der Waals surface area contributed by atoms with Gasteiger partial charge in [-0.1, -0.05) is 6.07 Å². The third kappa shape index (κ3) is 5.67. The standard InChI is InChI=1S/C23H31NO5S/c1-4-26-20-13-17(14-21(27-5-2)22(20)28-6-3)23(25)24(15-18-9-7-11-29-18)16-19-10-8-12-30-19/h8,10,12-14,18H,4-7,9,11,15-16H2,1-3H3. The van der Waals surface area contributed by atoms with Crippen molar-refractivity contribution in [3.05, 3.63) is 40.1 Å². The predicted octanol–water partition coefficient (Wildman–Crippen LogP) is 4.77. The summed E-state index contributed by atoms with van der Waals surface area (Å²) in [5.41, 5.74) is 0.528. The molecule has 30 heavy (non-hydrogen) atoms. The molecule has 0 saturated carbocycles. The first-order valence-electron chi connectivity index (χ1n) is 10.7. The number of benzene rings is 1. The van der Waals surface area contributed by atoms with Crippen LogP contribution in [0.1, 0.15) is 48.8 Å². The second-order valence-electron chi connectivity index (χ2n) is 7.00. The molecule has 0 bridgehead atoms. The minimum Gasteiger partial charge on any atom is -0.490 e. The van der Waals surface area contributed by atoms with Gasteiger partial charge in [0.25, 0.3) is 5.91 Å². The molecule has 1 aliphatic heterocycles. The molecule has 1 aromatic heterocycles. The van der Waals surface area contributed by atoms with Crippen LogP contribution in [0, 0.1) is 0 Å². The molecule has 1 fully saturated rings. The zero-order chi connectivity index (χ0) is 21.3. The van der Waals surface area contributed by atoms with E-state index >= 15 is 0 Å². The average Bonchev–Trinajstić information content (AvgIpc) is 3.44. The van der Waals surface area contributed by atoms with Gasteiger partial charge in [0.15, 0.2) is 11.5 Å².